The maximum atomic E-state index is 12.4. The van der Waals surface area contributed by atoms with Gasteiger partial charge in [-0.1, -0.05) is 0 Å². The molecule has 1 fully saturated rings. The number of benzene rings is 1. The number of nitrogens with one attached hydrogen (secondary N) is 1. The van der Waals surface area contributed by atoms with Crippen LogP contribution >= 0.6 is 0 Å². The molecule has 2 rings (SSSR count). The van der Waals surface area contributed by atoms with Crippen molar-refractivity contribution in [3.63, 3.8) is 0 Å². The molecule has 0 bridgehead atoms. The Morgan fingerprint density at radius 2 is 1.85 bits per heavy atom. The average Bonchev–Trinajstić information content (AvgIpc) is 2.37. The minimum absolute atomic E-state index is 0.280. The van der Waals surface area contributed by atoms with Crippen LogP contribution in [-0.4, -0.2) is 39.6 Å². The van der Waals surface area contributed by atoms with Gasteiger partial charge in [-0.25, -0.2) is 8.42 Å². The summed E-state index contributed by atoms with van der Waals surface area (Å²) in [5, 5.41) is 3.25. The number of halogens is 3. The van der Waals surface area contributed by atoms with Crippen LogP contribution < -0.4 is 10.2 Å². The Labute approximate surface area is 115 Å². The molecule has 1 aromatic rings. The topological polar surface area (TPSA) is 49.4 Å². The fourth-order valence-corrected chi connectivity index (χ4v) is 2.90. The summed E-state index contributed by atoms with van der Waals surface area (Å²) in [6, 6.07) is 5.12. The molecule has 1 aliphatic rings. The Balaban J connectivity index is 2.23. The van der Waals surface area contributed by atoms with Crippen LogP contribution in [0.2, 0.25) is 0 Å². The van der Waals surface area contributed by atoms with Crippen LogP contribution in [0, 0.1) is 0 Å². The number of hydrogen-bond donors (Lipinski definition) is 1. The van der Waals surface area contributed by atoms with Gasteiger partial charge in [-0.3, -0.25) is 0 Å². The van der Waals surface area contributed by atoms with E-state index in [0.717, 1.165) is 37.5 Å². The average molecular weight is 308 g/mol. The molecule has 4 nitrogen and oxygen atoms in total. The van der Waals surface area contributed by atoms with E-state index in [1.807, 2.05) is 11.8 Å². The Hall–Kier alpha value is -1.28. The van der Waals surface area contributed by atoms with E-state index in [1.165, 1.54) is 12.1 Å². The standard InChI is InChI=1S/C12H15F3N2O2S/c1-9-8-17(7-6-16-9)10-2-4-11(5-3-10)20(18,19)12(13,14)15/h2-5,9,16H,6-8H2,1H3. The van der Waals surface area contributed by atoms with Crippen molar-refractivity contribution in [2.75, 3.05) is 24.5 Å². The van der Waals surface area contributed by atoms with Gasteiger partial charge in [0.2, 0.25) is 0 Å². The lowest BCUT2D eigenvalue weighted by Crippen LogP contribution is -2.49. The number of hydrogen-bond acceptors (Lipinski definition) is 4. The molecule has 1 atom stereocenters. The lowest BCUT2D eigenvalue weighted by Gasteiger charge is -2.33. The summed E-state index contributed by atoms with van der Waals surface area (Å²) in [6.07, 6.45) is 0. The molecule has 0 aromatic heterocycles. The molecule has 1 saturated heterocycles. The summed E-state index contributed by atoms with van der Waals surface area (Å²) < 4.78 is 59.7. The Kier molecular flexibility index (Phi) is 3.97. The molecule has 1 aromatic carbocycles. The van der Waals surface area contributed by atoms with E-state index in [2.05, 4.69) is 5.32 Å². The van der Waals surface area contributed by atoms with E-state index in [9.17, 15) is 21.6 Å². The molecule has 0 radical (unpaired) electrons. The van der Waals surface area contributed by atoms with E-state index in [-0.39, 0.29) is 6.04 Å². The molecule has 0 aliphatic carbocycles. The second kappa shape index (κ2) is 5.25. The third kappa shape index (κ3) is 2.90. The van der Waals surface area contributed by atoms with E-state index in [0.29, 0.717) is 0 Å². The summed E-state index contributed by atoms with van der Waals surface area (Å²) in [6.45, 7) is 4.25. The van der Waals surface area contributed by atoms with Crippen molar-refractivity contribution in [1.29, 1.82) is 0 Å². The summed E-state index contributed by atoms with van der Waals surface area (Å²) >= 11 is 0. The second-order valence-corrected chi connectivity index (χ2v) is 6.69. The lowest BCUT2D eigenvalue weighted by molar-refractivity contribution is -0.0436. The van der Waals surface area contributed by atoms with Crippen LogP contribution in [0.25, 0.3) is 0 Å². The van der Waals surface area contributed by atoms with Crippen molar-refractivity contribution in [1.82, 2.24) is 5.32 Å². The molecule has 0 saturated carbocycles. The number of sulfone groups is 1. The minimum atomic E-state index is -5.27. The van der Waals surface area contributed by atoms with Crippen molar-refractivity contribution in [2.45, 2.75) is 23.4 Å². The number of rotatable bonds is 2. The number of piperazine rings is 1. The predicted molar refractivity (Wildman–Crippen MR) is 69.4 cm³/mol. The first kappa shape index (κ1) is 15.1. The quantitative estimate of drug-likeness (QED) is 0.905. The molecule has 8 heteroatoms. The molecular weight excluding hydrogens is 293 g/mol. The normalized spacial score (nSPS) is 21.0. The van der Waals surface area contributed by atoms with Crippen molar-refractivity contribution in [3.8, 4) is 0 Å². The van der Waals surface area contributed by atoms with Crippen LogP contribution in [-0.2, 0) is 9.84 Å². The fourth-order valence-electron chi connectivity index (χ4n) is 2.14. The zero-order valence-corrected chi connectivity index (χ0v) is 11.6. The third-order valence-electron chi connectivity index (χ3n) is 3.19. The maximum absolute atomic E-state index is 12.4. The second-order valence-electron chi connectivity index (χ2n) is 4.74. The van der Waals surface area contributed by atoms with Gasteiger partial charge in [0, 0.05) is 31.4 Å². The van der Waals surface area contributed by atoms with E-state index in [1.54, 1.807) is 0 Å². The van der Waals surface area contributed by atoms with Gasteiger partial charge >= 0.3 is 5.51 Å². The highest BCUT2D eigenvalue weighted by atomic mass is 32.2. The van der Waals surface area contributed by atoms with Gasteiger partial charge in [0.1, 0.15) is 0 Å². The summed E-state index contributed by atoms with van der Waals surface area (Å²) in [5.41, 5.74) is -4.54. The van der Waals surface area contributed by atoms with Crippen LogP contribution in [0.15, 0.2) is 29.2 Å². The molecule has 1 aliphatic heterocycles. The highest BCUT2D eigenvalue weighted by Crippen LogP contribution is 2.31. The highest BCUT2D eigenvalue weighted by Gasteiger charge is 2.46. The summed E-state index contributed by atoms with van der Waals surface area (Å²) in [4.78, 5) is 1.28. The Morgan fingerprint density at radius 1 is 1.25 bits per heavy atom. The number of alkyl halides is 3. The maximum Gasteiger partial charge on any atom is 0.501 e. The Morgan fingerprint density at radius 3 is 2.35 bits per heavy atom. The third-order valence-corrected chi connectivity index (χ3v) is 4.69. The largest absolute Gasteiger partial charge is 0.501 e. The van der Waals surface area contributed by atoms with Gasteiger partial charge in [-0.05, 0) is 31.2 Å². The van der Waals surface area contributed by atoms with Crippen LogP contribution in [0.4, 0.5) is 18.9 Å². The molecule has 1 heterocycles. The van der Waals surface area contributed by atoms with E-state index < -0.39 is 20.2 Å². The zero-order valence-electron chi connectivity index (χ0n) is 10.8. The number of nitrogens with zero attached hydrogens (tertiary/aromatic N) is 1. The minimum Gasteiger partial charge on any atom is -0.369 e. The molecule has 20 heavy (non-hydrogen) atoms. The first-order valence-corrected chi connectivity index (χ1v) is 7.60. The molecule has 0 amide bonds. The van der Waals surface area contributed by atoms with Gasteiger partial charge in [0.05, 0.1) is 4.90 Å². The molecule has 1 unspecified atom stereocenters. The monoisotopic (exact) mass is 308 g/mol. The zero-order chi connectivity index (χ0) is 15.0. The first-order chi connectivity index (χ1) is 9.22. The highest BCUT2D eigenvalue weighted by molar-refractivity contribution is 7.92. The van der Waals surface area contributed by atoms with Gasteiger partial charge in [0.15, 0.2) is 0 Å². The Bertz CT molecular complexity index is 569. The molecule has 1 N–H and O–H groups in total. The first-order valence-electron chi connectivity index (χ1n) is 6.11. The van der Waals surface area contributed by atoms with Crippen LogP contribution in [0.3, 0.4) is 0 Å². The summed E-state index contributed by atoms with van der Waals surface area (Å²) in [5.74, 6) is 0. The fraction of sp³-hybridized carbons (Fsp3) is 0.500. The van der Waals surface area contributed by atoms with E-state index >= 15 is 0 Å². The number of anilines is 1. The van der Waals surface area contributed by atoms with E-state index in [4.69, 9.17) is 0 Å². The smallest absolute Gasteiger partial charge is 0.369 e. The lowest BCUT2D eigenvalue weighted by atomic mass is 10.2. The SMILES string of the molecule is CC1CN(c2ccc(S(=O)(=O)C(F)(F)F)cc2)CCN1. The predicted octanol–water partition coefficient (Wildman–Crippen LogP) is 1.78. The van der Waals surface area contributed by atoms with Gasteiger partial charge in [0.25, 0.3) is 9.84 Å². The molecule has 112 valence electrons. The molecular formula is C12H15F3N2O2S. The van der Waals surface area contributed by atoms with Gasteiger partial charge in [-0.15, -0.1) is 0 Å². The van der Waals surface area contributed by atoms with Crippen molar-refractivity contribution >= 4 is 15.5 Å². The molecule has 0 spiro atoms. The van der Waals surface area contributed by atoms with Crippen molar-refractivity contribution < 1.29 is 21.6 Å². The van der Waals surface area contributed by atoms with Crippen LogP contribution in [0.5, 0.6) is 0 Å². The summed E-state index contributed by atoms with van der Waals surface area (Å²) in [7, 11) is -5.27. The van der Waals surface area contributed by atoms with Crippen LogP contribution in [0.1, 0.15) is 6.92 Å². The van der Waals surface area contributed by atoms with Gasteiger partial charge < -0.3 is 10.2 Å². The van der Waals surface area contributed by atoms with Crippen molar-refractivity contribution in [3.05, 3.63) is 24.3 Å². The van der Waals surface area contributed by atoms with Gasteiger partial charge in [-0.2, -0.15) is 13.2 Å². The van der Waals surface area contributed by atoms with Crippen molar-refractivity contribution in [2.24, 2.45) is 0 Å².